The molecule has 0 fully saturated rings. The summed E-state index contributed by atoms with van der Waals surface area (Å²) in [5.41, 5.74) is 9.02. The van der Waals surface area contributed by atoms with Crippen molar-refractivity contribution in [3.05, 3.63) is 200 Å². The molecule has 0 unspecified atom stereocenters. The van der Waals surface area contributed by atoms with Crippen LogP contribution in [0.2, 0.25) is 0 Å². The molecule has 2 heteroatoms. The van der Waals surface area contributed by atoms with Gasteiger partial charge in [-0.15, -0.1) is 11.3 Å². The predicted molar refractivity (Wildman–Crippen MR) is 246 cm³/mol. The van der Waals surface area contributed by atoms with Crippen molar-refractivity contribution in [1.82, 2.24) is 4.98 Å². The van der Waals surface area contributed by atoms with Crippen molar-refractivity contribution in [3.8, 4) is 44.8 Å². The Labute approximate surface area is 333 Å². The fourth-order valence-corrected chi connectivity index (χ4v) is 10.5. The van der Waals surface area contributed by atoms with Gasteiger partial charge in [0, 0.05) is 31.3 Å². The van der Waals surface area contributed by atoms with E-state index in [1.165, 1.54) is 90.7 Å². The van der Waals surface area contributed by atoms with E-state index < -0.39 is 0 Å². The van der Waals surface area contributed by atoms with Crippen LogP contribution in [0.5, 0.6) is 0 Å². The van der Waals surface area contributed by atoms with Gasteiger partial charge >= 0.3 is 0 Å². The highest BCUT2D eigenvalue weighted by Crippen LogP contribution is 2.48. The smallest absolute Gasteiger partial charge is 0.0715 e. The minimum Gasteiger partial charge on any atom is -0.248 e. The lowest BCUT2D eigenvalue weighted by Gasteiger charge is -2.19. The van der Waals surface area contributed by atoms with Gasteiger partial charge in [0.2, 0.25) is 0 Å². The van der Waals surface area contributed by atoms with Crippen LogP contribution in [-0.4, -0.2) is 4.98 Å². The zero-order valence-electron chi connectivity index (χ0n) is 30.9. The number of thiophene rings is 1. The molecule has 0 atom stereocenters. The minimum atomic E-state index is 0.964. The molecule has 0 aliphatic rings. The Bertz CT molecular complexity index is 3410. The summed E-state index contributed by atoms with van der Waals surface area (Å²) in [4.78, 5) is 5.23. The summed E-state index contributed by atoms with van der Waals surface area (Å²) >= 11 is 1.89. The van der Waals surface area contributed by atoms with E-state index in [2.05, 4.69) is 200 Å². The lowest BCUT2D eigenvalue weighted by Crippen LogP contribution is -1.94. The first-order valence-corrected chi connectivity index (χ1v) is 20.4. The summed E-state index contributed by atoms with van der Waals surface area (Å²) < 4.78 is 2.63. The molecule has 0 amide bonds. The molecule has 0 saturated carbocycles. The van der Waals surface area contributed by atoms with Crippen molar-refractivity contribution in [2.45, 2.75) is 0 Å². The Morgan fingerprint density at radius 2 is 0.684 bits per heavy atom. The van der Waals surface area contributed by atoms with Gasteiger partial charge in [-0.05, 0) is 106 Å². The Kier molecular flexibility index (Phi) is 7.17. The van der Waals surface area contributed by atoms with E-state index in [1.54, 1.807) is 0 Å². The molecule has 57 heavy (non-hydrogen) atoms. The SMILES string of the molecule is c1ccc(-c2cc(-c3c4ccccc4c(-c4ccc5sc6ccc7c8ccccc8c8ccccc8c7c6c5c4)c4ccccc34)cc(-c3ccccc3)n2)cc1. The zero-order valence-corrected chi connectivity index (χ0v) is 31.7. The van der Waals surface area contributed by atoms with Crippen molar-refractivity contribution in [3.63, 3.8) is 0 Å². The van der Waals surface area contributed by atoms with Crippen LogP contribution in [0.3, 0.4) is 0 Å². The van der Waals surface area contributed by atoms with Crippen molar-refractivity contribution in [1.29, 1.82) is 0 Å². The van der Waals surface area contributed by atoms with Gasteiger partial charge in [0.15, 0.2) is 0 Å². The van der Waals surface area contributed by atoms with Crippen LogP contribution in [0.1, 0.15) is 0 Å². The van der Waals surface area contributed by atoms with E-state index in [9.17, 15) is 0 Å². The van der Waals surface area contributed by atoms with Crippen LogP contribution >= 0.6 is 11.3 Å². The highest BCUT2D eigenvalue weighted by molar-refractivity contribution is 7.26. The van der Waals surface area contributed by atoms with Crippen LogP contribution < -0.4 is 0 Å². The van der Waals surface area contributed by atoms with E-state index >= 15 is 0 Å². The van der Waals surface area contributed by atoms with Crippen LogP contribution in [0.4, 0.5) is 0 Å². The van der Waals surface area contributed by atoms with E-state index in [1.807, 2.05) is 11.3 Å². The van der Waals surface area contributed by atoms with Crippen LogP contribution in [-0.2, 0) is 0 Å². The molecule has 10 aromatic carbocycles. The van der Waals surface area contributed by atoms with Crippen molar-refractivity contribution < 1.29 is 0 Å². The summed E-state index contributed by atoms with van der Waals surface area (Å²) in [6, 6.07) is 73.3. The fraction of sp³-hybridized carbons (Fsp3) is 0. The molecule has 1 nitrogen and oxygen atoms in total. The first-order valence-electron chi connectivity index (χ1n) is 19.5. The van der Waals surface area contributed by atoms with Gasteiger partial charge in [-0.1, -0.05) is 170 Å². The maximum atomic E-state index is 5.23. The fourth-order valence-electron chi connectivity index (χ4n) is 9.36. The second kappa shape index (κ2) is 12.7. The summed E-state index contributed by atoms with van der Waals surface area (Å²) in [6.45, 7) is 0. The Morgan fingerprint density at radius 1 is 0.263 bits per heavy atom. The van der Waals surface area contributed by atoms with Crippen LogP contribution in [0, 0.1) is 0 Å². The quantitative estimate of drug-likeness (QED) is 0.129. The molecule has 0 aliphatic carbocycles. The zero-order chi connectivity index (χ0) is 37.5. The lowest BCUT2D eigenvalue weighted by molar-refractivity contribution is 1.32. The van der Waals surface area contributed by atoms with Gasteiger partial charge in [-0.3, -0.25) is 0 Å². The third-order valence-corrected chi connectivity index (χ3v) is 12.9. The second-order valence-corrected chi connectivity index (χ2v) is 16.0. The van der Waals surface area contributed by atoms with Crippen molar-refractivity contribution in [2.24, 2.45) is 0 Å². The third kappa shape index (κ3) is 4.98. The Morgan fingerprint density at radius 3 is 1.23 bits per heavy atom. The number of hydrogen-bond acceptors (Lipinski definition) is 2. The Balaban J connectivity index is 1.16. The van der Waals surface area contributed by atoms with Crippen molar-refractivity contribution in [2.75, 3.05) is 0 Å². The molecule has 2 aromatic heterocycles. The second-order valence-electron chi connectivity index (χ2n) is 15.0. The largest absolute Gasteiger partial charge is 0.248 e. The molecule has 0 radical (unpaired) electrons. The maximum Gasteiger partial charge on any atom is 0.0715 e. The monoisotopic (exact) mass is 739 g/mol. The number of nitrogens with zero attached hydrogens (tertiary/aromatic N) is 1. The van der Waals surface area contributed by atoms with E-state index in [4.69, 9.17) is 4.98 Å². The highest BCUT2D eigenvalue weighted by atomic mass is 32.1. The topological polar surface area (TPSA) is 12.9 Å². The van der Waals surface area contributed by atoms with Crippen molar-refractivity contribution >= 4 is 85.4 Å². The number of fused-ring (bicyclic) bond motifs is 12. The molecular weight excluding hydrogens is 707 g/mol. The first kappa shape index (κ1) is 32.1. The number of benzene rings is 10. The summed E-state index contributed by atoms with van der Waals surface area (Å²) in [6.07, 6.45) is 0. The normalized spacial score (nSPS) is 11.9. The predicted octanol–water partition coefficient (Wildman–Crippen LogP) is 15.9. The molecule has 0 aliphatic heterocycles. The minimum absolute atomic E-state index is 0.964. The van der Waals surface area contributed by atoms with Crippen LogP contribution in [0.25, 0.3) is 119 Å². The van der Waals surface area contributed by atoms with Gasteiger partial charge in [0.05, 0.1) is 11.4 Å². The van der Waals surface area contributed by atoms with Gasteiger partial charge in [-0.2, -0.15) is 0 Å². The molecule has 2 heterocycles. The van der Waals surface area contributed by atoms with Gasteiger partial charge in [0.25, 0.3) is 0 Å². The molecule has 0 N–H and O–H groups in total. The molecule has 264 valence electrons. The van der Waals surface area contributed by atoms with E-state index in [0.717, 1.165) is 28.1 Å². The van der Waals surface area contributed by atoms with Gasteiger partial charge in [0.1, 0.15) is 0 Å². The average Bonchev–Trinajstić information content (AvgIpc) is 3.67. The number of rotatable bonds is 4. The third-order valence-electron chi connectivity index (χ3n) is 11.8. The summed E-state index contributed by atoms with van der Waals surface area (Å²) in [7, 11) is 0. The first-order chi connectivity index (χ1) is 28.3. The molecule has 0 bridgehead atoms. The summed E-state index contributed by atoms with van der Waals surface area (Å²) in [5, 5.41) is 15.5. The highest BCUT2D eigenvalue weighted by Gasteiger charge is 2.20. The lowest BCUT2D eigenvalue weighted by atomic mass is 9.85. The standard InChI is InChI=1S/C55H33NS/c1-3-15-34(16-4-1)48-32-37(33-49(56-48)35-17-5-2-6-18-35)53-44-25-13-11-23-42(44)52(43-24-12-14-26-45(43)53)36-27-29-50-47(31-36)55-51(57-50)30-28-46-40-21-8-7-19-38(40)39-20-9-10-22-41(39)54(46)55/h1-33H. The van der Waals surface area contributed by atoms with E-state index in [-0.39, 0.29) is 0 Å². The molecular formula is C55H33NS. The average molecular weight is 740 g/mol. The van der Waals surface area contributed by atoms with Gasteiger partial charge in [-0.25, -0.2) is 4.98 Å². The summed E-state index contributed by atoms with van der Waals surface area (Å²) in [5.74, 6) is 0. The number of hydrogen-bond donors (Lipinski definition) is 0. The number of aromatic nitrogens is 1. The van der Waals surface area contributed by atoms with Crippen LogP contribution in [0.15, 0.2) is 200 Å². The number of pyridine rings is 1. The molecule has 12 aromatic rings. The molecule has 12 rings (SSSR count). The van der Waals surface area contributed by atoms with Gasteiger partial charge < -0.3 is 0 Å². The Hall–Kier alpha value is -7.13. The molecule has 0 saturated heterocycles. The maximum absolute atomic E-state index is 5.23. The molecule has 0 spiro atoms. The van der Waals surface area contributed by atoms with E-state index in [0.29, 0.717) is 0 Å².